The van der Waals surface area contributed by atoms with E-state index in [9.17, 15) is 18.4 Å². The molecule has 0 radical (unpaired) electrons. The van der Waals surface area contributed by atoms with Crippen molar-refractivity contribution in [3.8, 4) is 0 Å². The largest absolute Gasteiger partial charge is 0.462 e. The molecule has 0 bridgehead atoms. The smallest absolute Gasteiger partial charge is 0.376 e. The van der Waals surface area contributed by atoms with Crippen LogP contribution >= 0.6 is 0 Å². The first kappa shape index (κ1) is 16.1. The molecule has 20 heavy (non-hydrogen) atoms. The molecular weight excluding hydrogens is 268 g/mol. The Hall–Kier alpha value is -1.98. The maximum absolute atomic E-state index is 13.3. The van der Waals surface area contributed by atoms with Crippen LogP contribution in [0.15, 0.2) is 30.3 Å². The van der Waals surface area contributed by atoms with Crippen LogP contribution < -0.4 is 5.32 Å². The highest BCUT2D eigenvalue weighted by Gasteiger charge is 2.39. The molecule has 0 heterocycles. The maximum Gasteiger partial charge on any atom is 0.376 e. The highest BCUT2D eigenvalue weighted by molar-refractivity contribution is 5.90. The molecule has 0 aliphatic rings. The summed E-state index contributed by atoms with van der Waals surface area (Å²) >= 11 is 0. The first-order valence-corrected chi connectivity index (χ1v) is 6.35. The molecule has 1 aromatic carbocycles. The van der Waals surface area contributed by atoms with Crippen LogP contribution in [0.5, 0.6) is 0 Å². The molecule has 0 saturated heterocycles. The molecule has 0 unspecified atom stereocenters. The van der Waals surface area contributed by atoms with Crippen molar-refractivity contribution < 1.29 is 23.1 Å². The Kier molecular flexibility index (Phi) is 6.09. The van der Waals surface area contributed by atoms with E-state index in [0.717, 1.165) is 0 Å². The third kappa shape index (κ3) is 5.34. The Morgan fingerprint density at radius 3 is 2.50 bits per heavy atom. The normalized spacial score (nSPS) is 10.9. The zero-order valence-electron chi connectivity index (χ0n) is 11.2. The van der Waals surface area contributed by atoms with E-state index in [1.807, 2.05) is 0 Å². The predicted molar refractivity (Wildman–Crippen MR) is 70.5 cm³/mol. The molecule has 1 aromatic rings. The van der Waals surface area contributed by atoms with E-state index >= 15 is 0 Å². The summed E-state index contributed by atoms with van der Waals surface area (Å²) in [6.45, 7) is 1.37. The van der Waals surface area contributed by atoms with Gasteiger partial charge in [0.2, 0.25) is 5.91 Å². The lowest BCUT2D eigenvalue weighted by Crippen LogP contribution is -2.31. The number of rotatable bonds is 7. The quantitative estimate of drug-likeness (QED) is 0.783. The van der Waals surface area contributed by atoms with Crippen molar-refractivity contribution in [2.24, 2.45) is 0 Å². The van der Waals surface area contributed by atoms with Gasteiger partial charge in [-0.05, 0) is 25.5 Å². The molecule has 1 N–H and O–H groups in total. The Labute approximate surface area is 116 Å². The minimum absolute atomic E-state index is 0.0795. The number of carbonyl (C=O) groups is 2. The van der Waals surface area contributed by atoms with E-state index in [0.29, 0.717) is 5.69 Å². The molecule has 0 saturated carbocycles. The summed E-state index contributed by atoms with van der Waals surface area (Å²) in [5, 5.41) is 2.58. The molecule has 110 valence electrons. The maximum atomic E-state index is 13.3. The summed E-state index contributed by atoms with van der Waals surface area (Å²) in [6, 6.07) is 8.71. The standard InChI is InChI=1S/C14H17F2NO3/c1-2-20-13(19)14(15,16)10-6-9-12(18)17-11-7-4-3-5-8-11/h3-5,7-8H,2,6,9-10H2,1H3,(H,17,18). The third-order valence-corrected chi connectivity index (χ3v) is 2.53. The Bertz CT molecular complexity index is 449. The van der Waals surface area contributed by atoms with Crippen molar-refractivity contribution >= 4 is 17.6 Å². The molecule has 0 aliphatic carbocycles. The van der Waals surface area contributed by atoms with Crippen molar-refractivity contribution in [1.29, 1.82) is 0 Å². The monoisotopic (exact) mass is 285 g/mol. The number of esters is 1. The van der Waals surface area contributed by atoms with E-state index in [2.05, 4.69) is 10.1 Å². The fourth-order valence-corrected chi connectivity index (χ4v) is 1.55. The molecule has 0 aliphatic heterocycles. The highest BCUT2D eigenvalue weighted by atomic mass is 19.3. The van der Waals surface area contributed by atoms with Gasteiger partial charge >= 0.3 is 11.9 Å². The zero-order chi connectivity index (χ0) is 15.0. The molecule has 0 spiro atoms. The lowest BCUT2D eigenvalue weighted by atomic mass is 10.1. The van der Waals surface area contributed by atoms with E-state index in [1.54, 1.807) is 30.3 Å². The summed E-state index contributed by atoms with van der Waals surface area (Å²) in [7, 11) is 0. The Balaban J connectivity index is 2.33. The van der Waals surface area contributed by atoms with Gasteiger partial charge in [0, 0.05) is 18.5 Å². The summed E-state index contributed by atoms with van der Waals surface area (Å²) in [6.07, 6.45) is -0.873. The molecule has 1 rings (SSSR count). The number of carbonyl (C=O) groups excluding carboxylic acids is 2. The second-order valence-corrected chi connectivity index (χ2v) is 4.19. The lowest BCUT2D eigenvalue weighted by Gasteiger charge is -2.14. The fourth-order valence-electron chi connectivity index (χ4n) is 1.55. The molecule has 0 atom stereocenters. The number of nitrogens with one attached hydrogen (secondary N) is 1. The van der Waals surface area contributed by atoms with Crippen LogP contribution in [0.4, 0.5) is 14.5 Å². The number of hydrogen-bond donors (Lipinski definition) is 1. The second kappa shape index (κ2) is 7.57. The fraction of sp³-hybridized carbons (Fsp3) is 0.429. The second-order valence-electron chi connectivity index (χ2n) is 4.19. The van der Waals surface area contributed by atoms with Crippen LogP contribution in [0, 0.1) is 0 Å². The number of amides is 1. The number of anilines is 1. The third-order valence-electron chi connectivity index (χ3n) is 2.53. The molecule has 1 amide bonds. The van der Waals surface area contributed by atoms with Crippen LogP contribution in [0.3, 0.4) is 0 Å². The number of halogens is 2. The van der Waals surface area contributed by atoms with Gasteiger partial charge in [0.15, 0.2) is 0 Å². The van der Waals surface area contributed by atoms with Crippen molar-refractivity contribution in [2.75, 3.05) is 11.9 Å². The average Bonchev–Trinajstić information content (AvgIpc) is 2.39. The van der Waals surface area contributed by atoms with E-state index < -0.39 is 18.3 Å². The van der Waals surface area contributed by atoms with Gasteiger partial charge in [-0.2, -0.15) is 8.78 Å². The van der Waals surface area contributed by atoms with Crippen molar-refractivity contribution in [2.45, 2.75) is 32.1 Å². The van der Waals surface area contributed by atoms with Crippen molar-refractivity contribution in [3.05, 3.63) is 30.3 Å². The van der Waals surface area contributed by atoms with Crippen LogP contribution in [-0.4, -0.2) is 24.4 Å². The minimum atomic E-state index is -3.54. The van der Waals surface area contributed by atoms with Crippen LogP contribution in [0.2, 0.25) is 0 Å². The van der Waals surface area contributed by atoms with Crippen LogP contribution in [-0.2, 0) is 14.3 Å². The summed E-state index contributed by atoms with van der Waals surface area (Å²) in [4.78, 5) is 22.5. The first-order valence-electron chi connectivity index (χ1n) is 6.35. The topological polar surface area (TPSA) is 55.4 Å². The van der Waals surface area contributed by atoms with Crippen LogP contribution in [0.1, 0.15) is 26.2 Å². The minimum Gasteiger partial charge on any atom is -0.462 e. The van der Waals surface area contributed by atoms with Crippen LogP contribution in [0.25, 0.3) is 0 Å². The molecule has 0 fully saturated rings. The van der Waals surface area contributed by atoms with Gasteiger partial charge in [0.1, 0.15) is 0 Å². The van der Waals surface area contributed by atoms with Gasteiger partial charge in [-0.15, -0.1) is 0 Å². The van der Waals surface area contributed by atoms with E-state index in [4.69, 9.17) is 0 Å². The van der Waals surface area contributed by atoms with Crippen molar-refractivity contribution in [1.82, 2.24) is 0 Å². The highest BCUT2D eigenvalue weighted by Crippen LogP contribution is 2.23. The SMILES string of the molecule is CCOC(=O)C(F)(F)CCCC(=O)Nc1ccccc1. The van der Waals surface area contributed by atoms with Gasteiger partial charge < -0.3 is 10.1 Å². The summed E-state index contributed by atoms with van der Waals surface area (Å²) in [5.41, 5.74) is 0.606. The molecular formula is C14H17F2NO3. The average molecular weight is 285 g/mol. The molecule has 0 aromatic heterocycles. The number of hydrogen-bond acceptors (Lipinski definition) is 3. The van der Waals surface area contributed by atoms with Crippen molar-refractivity contribution in [3.63, 3.8) is 0 Å². The van der Waals surface area contributed by atoms with Gasteiger partial charge in [-0.25, -0.2) is 4.79 Å². The molecule has 6 heteroatoms. The first-order chi connectivity index (χ1) is 9.45. The number of alkyl halides is 2. The van der Waals surface area contributed by atoms with Gasteiger partial charge in [-0.1, -0.05) is 18.2 Å². The summed E-state index contributed by atoms with van der Waals surface area (Å²) in [5.74, 6) is -5.44. The van der Waals surface area contributed by atoms with Gasteiger partial charge in [0.05, 0.1) is 6.61 Å². The van der Waals surface area contributed by atoms with E-state index in [-0.39, 0.29) is 25.4 Å². The van der Waals surface area contributed by atoms with Gasteiger partial charge in [-0.3, -0.25) is 4.79 Å². The number of ether oxygens (including phenoxy) is 1. The Morgan fingerprint density at radius 2 is 1.90 bits per heavy atom. The number of benzene rings is 1. The zero-order valence-corrected chi connectivity index (χ0v) is 11.2. The molecule has 4 nitrogen and oxygen atoms in total. The lowest BCUT2D eigenvalue weighted by molar-refractivity contribution is -0.172. The Morgan fingerprint density at radius 1 is 1.25 bits per heavy atom. The van der Waals surface area contributed by atoms with Gasteiger partial charge in [0.25, 0.3) is 0 Å². The van der Waals surface area contributed by atoms with E-state index in [1.165, 1.54) is 6.92 Å². The number of para-hydroxylation sites is 1. The summed E-state index contributed by atoms with van der Waals surface area (Å²) < 4.78 is 30.8. The predicted octanol–water partition coefficient (Wildman–Crippen LogP) is 2.99.